The smallest absolute Gasteiger partial charge is 0.155 e. The van der Waals surface area contributed by atoms with Crippen LogP contribution in [0.3, 0.4) is 0 Å². The van der Waals surface area contributed by atoms with Crippen molar-refractivity contribution in [3.8, 4) is 11.3 Å². The van der Waals surface area contributed by atoms with Gasteiger partial charge < -0.3 is 4.40 Å². The summed E-state index contributed by atoms with van der Waals surface area (Å²) in [4.78, 5) is 8.65. The highest BCUT2D eigenvalue weighted by molar-refractivity contribution is 5.66. The third kappa shape index (κ3) is 1.69. The van der Waals surface area contributed by atoms with E-state index in [4.69, 9.17) is 0 Å². The minimum absolute atomic E-state index is 0.877. The van der Waals surface area contributed by atoms with Crippen molar-refractivity contribution in [2.45, 2.75) is 13.8 Å². The van der Waals surface area contributed by atoms with Crippen molar-refractivity contribution < 1.29 is 0 Å². The summed E-state index contributed by atoms with van der Waals surface area (Å²) >= 11 is 0. The summed E-state index contributed by atoms with van der Waals surface area (Å²) in [6.07, 6.45) is 7.48. The average molecular weight is 223 g/mol. The van der Waals surface area contributed by atoms with Crippen LogP contribution in [0.25, 0.3) is 16.9 Å². The molecule has 0 radical (unpaired) electrons. The van der Waals surface area contributed by atoms with Crippen LogP contribution in [-0.4, -0.2) is 14.4 Å². The number of imidazole rings is 1. The van der Waals surface area contributed by atoms with Gasteiger partial charge in [0.05, 0.1) is 11.9 Å². The van der Waals surface area contributed by atoms with Crippen molar-refractivity contribution in [1.29, 1.82) is 0 Å². The Kier molecular flexibility index (Phi) is 2.18. The summed E-state index contributed by atoms with van der Waals surface area (Å²) < 4.78 is 1.99. The van der Waals surface area contributed by atoms with Crippen LogP contribution in [0.1, 0.15) is 11.1 Å². The van der Waals surface area contributed by atoms with E-state index in [0.29, 0.717) is 0 Å². The SMILES string of the molecule is Cc1ccc(-c2cn3ccncc3n2)c(C)c1. The molecule has 0 atom stereocenters. The van der Waals surface area contributed by atoms with Crippen LogP contribution in [0.5, 0.6) is 0 Å². The number of aromatic nitrogens is 3. The predicted molar refractivity (Wildman–Crippen MR) is 67.9 cm³/mol. The molecule has 0 N–H and O–H groups in total. The first-order valence-corrected chi connectivity index (χ1v) is 5.60. The quantitative estimate of drug-likeness (QED) is 0.634. The monoisotopic (exact) mass is 223 g/mol. The Morgan fingerprint density at radius 1 is 1.18 bits per heavy atom. The van der Waals surface area contributed by atoms with Gasteiger partial charge in [-0.1, -0.05) is 23.8 Å². The number of nitrogens with zero attached hydrogens (tertiary/aromatic N) is 3. The molecule has 0 aliphatic heterocycles. The molecule has 2 heterocycles. The van der Waals surface area contributed by atoms with Crippen LogP contribution >= 0.6 is 0 Å². The second-order valence-electron chi connectivity index (χ2n) is 4.29. The molecule has 0 unspecified atom stereocenters. The van der Waals surface area contributed by atoms with E-state index in [1.165, 1.54) is 16.7 Å². The number of hydrogen-bond acceptors (Lipinski definition) is 2. The van der Waals surface area contributed by atoms with E-state index in [-0.39, 0.29) is 0 Å². The van der Waals surface area contributed by atoms with Crippen LogP contribution in [0, 0.1) is 13.8 Å². The first kappa shape index (κ1) is 10.0. The van der Waals surface area contributed by atoms with Crippen LogP contribution in [0.2, 0.25) is 0 Å². The number of hydrogen-bond donors (Lipinski definition) is 0. The van der Waals surface area contributed by atoms with Gasteiger partial charge in [-0.3, -0.25) is 4.98 Å². The van der Waals surface area contributed by atoms with Crippen molar-refractivity contribution in [2.75, 3.05) is 0 Å². The number of benzene rings is 1. The lowest BCUT2D eigenvalue weighted by Crippen LogP contribution is -1.84. The summed E-state index contributed by atoms with van der Waals surface area (Å²) in [6.45, 7) is 4.22. The second kappa shape index (κ2) is 3.70. The molecule has 3 heteroatoms. The zero-order chi connectivity index (χ0) is 11.8. The summed E-state index contributed by atoms with van der Waals surface area (Å²) in [6, 6.07) is 6.42. The van der Waals surface area contributed by atoms with Crippen molar-refractivity contribution in [1.82, 2.24) is 14.4 Å². The van der Waals surface area contributed by atoms with Crippen LogP contribution < -0.4 is 0 Å². The minimum atomic E-state index is 0.877. The van der Waals surface area contributed by atoms with E-state index in [9.17, 15) is 0 Å². The Morgan fingerprint density at radius 3 is 2.82 bits per heavy atom. The maximum Gasteiger partial charge on any atom is 0.155 e. The third-order valence-corrected chi connectivity index (χ3v) is 2.92. The first-order valence-electron chi connectivity index (χ1n) is 5.60. The fraction of sp³-hybridized carbons (Fsp3) is 0.143. The molecule has 3 aromatic rings. The molecule has 0 spiro atoms. The van der Waals surface area contributed by atoms with E-state index >= 15 is 0 Å². The highest BCUT2D eigenvalue weighted by Gasteiger charge is 2.06. The lowest BCUT2D eigenvalue weighted by Gasteiger charge is -2.02. The van der Waals surface area contributed by atoms with E-state index in [1.807, 2.05) is 16.8 Å². The average Bonchev–Trinajstić information content (AvgIpc) is 2.72. The molecule has 0 aliphatic carbocycles. The molecule has 84 valence electrons. The molecule has 0 bridgehead atoms. The Hall–Kier alpha value is -2.16. The highest BCUT2D eigenvalue weighted by atomic mass is 15.0. The molecule has 0 amide bonds. The molecule has 0 saturated heterocycles. The summed E-state index contributed by atoms with van der Waals surface area (Å²) in [5, 5.41) is 0. The molecule has 17 heavy (non-hydrogen) atoms. The van der Waals surface area contributed by atoms with Gasteiger partial charge in [0, 0.05) is 24.2 Å². The Labute approximate surface area is 99.8 Å². The van der Waals surface area contributed by atoms with E-state index in [1.54, 1.807) is 12.4 Å². The van der Waals surface area contributed by atoms with E-state index < -0.39 is 0 Å². The van der Waals surface area contributed by atoms with Gasteiger partial charge in [0.25, 0.3) is 0 Å². The molecule has 0 fully saturated rings. The van der Waals surface area contributed by atoms with Gasteiger partial charge in [0.2, 0.25) is 0 Å². The standard InChI is InChI=1S/C14H13N3/c1-10-3-4-12(11(2)7-10)13-9-17-6-5-15-8-14(17)16-13/h3-9H,1-2H3. The molecule has 3 rings (SSSR count). The zero-order valence-electron chi connectivity index (χ0n) is 9.88. The topological polar surface area (TPSA) is 30.2 Å². The first-order chi connectivity index (χ1) is 8.24. The van der Waals surface area contributed by atoms with Gasteiger partial charge in [-0.2, -0.15) is 0 Å². The van der Waals surface area contributed by atoms with Crippen molar-refractivity contribution in [3.05, 3.63) is 54.1 Å². The van der Waals surface area contributed by atoms with Gasteiger partial charge in [-0.25, -0.2) is 4.98 Å². The van der Waals surface area contributed by atoms with Gasteiger partial charge in [-0.05, 0) is 19.4 Å². The predicted octanol–water partition coefficient (Wildman–Crippen LogP) is 3.01. The molecule has 0 aliphatic rings. The molecule has 2 aromatic heterocycles. The fourth-order valence-electron chi connectivity index (χ4n) is 2.07. The molecule has 1 aromatic carbocycles. The van der Waals surface area contributed by atoms with Gasteiger partial charge in [0.1, 0.15) is 0 Å². The largest absolute Gasteiger partial charge is 0.304 e. The number of fused-ring (bicyclic) bond motifs is 1. The molecule has 3 nitrogen and oxygen atoms in total. The van der Waals surface area contributed by atoms with E-state index in [0.717, 1.165) is 11.3 Å². The van der Waals surface area contributed by atoms with Crippen LogP contribution in [0.4, 0.5) is 0 Å². The van der Waals surface area contributed by atoms with Crippen molar-refractivity contribution in [2.24, 2.45) is 0 Å². The fourth-order valence-corrected chi connectivity index (χ4v) is 2.07. The maximum absolute atomic E-state index is 4.57. The van der Waals surface area contributed by atoms with Gasteiger partial charge in [0.15, 0.2) is 5.65 Å². The third-order valence-electron chi connectivity index (χ3n) is 2.92. The van der Waals surface area contributed by atoms with Crippen molar-refractivity contribution >= 4 is 5.65 Å². The Morgan fingerprint density at radius 2 is 2.06 bits per heavy atom. The lowest BCUT2D eigenvalue weighted by molar-refractivity contribution is 1.13. The summed E-state index contributed by atoms with van der Waals surface area (Å²) in [7, 11) is 0. The van der Waals surface area contributed by atoms with Crippen molar-refractivity contribution in [3.63, 3.8) is 0 Å². The molecule has 0 saturated carbocycles. The summed E-state index contributed by atoms with van der Waals surface area (Å²) in [5.41, 5.74) is 5.58. The second-order valence-corrected chi connectivity index (χ2v) is 4.29. The Balaban J connectivity index is 2.20. The normalized spacial score (nSPS) is 10.9. The zero-order valence-corrected chi connectivity index (χ0v) is 9.88. The van der Waals surface area contributed by atoms with Gasteiger partial charge in [-0.15, -0.1) is 0 Å². The number of aryl methyl sites for hydroxylation is 2. The molecular weight excluding hydrogens is 210 g/mol. The lowest BCUT2D eigenvalue weighted by atomic mass is 10.0. The number of rotatable bonds is 1. The van der Waals surface area contributed by atoms with Crippen LogP contribution in [-0.2, 0) is 0 Å². The molecular formula is C14H13N3. The van der Waals surface area contributed by atoms with Crippen LogP contribution in [0.15, 0.2) is 43.0 Å². The minimum Gasteiger partial charge on any atom is -0.304 e. The van der Waals surface area contributed by atoms with E-state index in [2.05, 4.69) is 42.0 Å². The highest BCUT2D eigenvalue weighted by Crippen LogP contribution is 2.23. The Bertz CT molecular complexity index is 650. The maximum atomic E-state index is 4.57. The van der Waals surface area contributed by atoms with Gasteiger partial charge >= 0.3 is 0 Å². The summed E-state index contributed by atoms with van der Waals surface area (Å²) in [5.74, 6) is 0.